The molecule has 0 aromatic heterocycles. The van der Waals surface area contributed by atoms with Crippen LogP contribution in [0, 0.1) is 0 Å². The van der Waals surface area contributed by atoms with Crippen molar-refractivity contribution < 1.29 is 0 Å². The van der Waals surface area contributed by atoms with Crippen LogP contribution in [0.25, 0.3) is 10.4 Å². The van der Waals surface area contributed by atoms with Crippen LogP contribution >= 0.6 is 8.07 Å². The van der Waals surface area contributed by atoms with Crippen LogP contribution in [-0.4, -0.2) is 27.3 Å². The summed E-state index contributed by atoms with van der Waals surface area (Å²) < 4.78 is 0. The molecule has 2 aromatic rings. The molecular weight excluding hydrogens is 424 g/mol. The van der Waals surface area contributed by atoms with Crippen molar-refractivity contribution in [2.45, 2.75) is 0 Å². The van der Waals surface area contributed by atoms with E-state index in [-0.39, 0.29) is 27.3 Å². The summed E-state index contributed by atoms with van der Waals surface area (Å²) in [6, 6.07) is 19.7. The van der Waals surface area contributed by atoms with Crippen LogP contribution in [0.2, 0.25) is 0 Å². The molecule has 2 rings (SSSR count). The number of hydrogen-bond acceptors (Lipinski definition) is 1. The van der Waals surface area contributed by atoms with Crippen molar-refractivity contribution in [1.29, 1.82) is 0 Å². The van der Waals surface area contributed by atoms with Gasteiger partial charge in [0.15, 0.2) is 0 Å². The van der Waals surface area contributed by atoms with Crippen molar-refractivity contribution in [3.63, 3.8) is 0 Å². The Kier molecular flexibility index (Phi) is 6.19. The Labute approximate surface area is 121 Å². The van der Waals surface area contributed by atoms with Gasteiger partial charge in [-0.25, -0.2) is 0 Å². The standard InChI is InChI=1S/C12H10N3P.Pb.2H/c13-14-15-16(11-7-3-1-4-8-11)12-9-5-2-6-10-12;;;/h1-10H;;;. The molecule has 2 radical (unpaired) electrons. The third kappa shape index (κ3) is 3.81. The van der Waals surface area contributed by atoms with Gasteiger partial charge in [0.2, 0.25) is 0 Å². The number of azide groups is 1. The average Bonchev–Trinajstić information content (AvgIpc) is 2.38. The van der Waals surface area contributed by atoms with Gasteiger partial charge in [0.1, 0.15) is 0 Å². The second-order valence-electron chi connectivity index (χ2n) is 3.16. The monoisotopic (exact) mass is 437 g/mol. The predicted molar refractivity (Wildman–Crippen MR) is 76.8 cm³/mol. The molecule has 0 unspecified atom stereocenters. The molecule has 0 amide bonds. The van der Waals surface area contributed by atoms with Crippen LogP contribution in [0.1, 0.15) is 0 Å². The first kappa shape index (κ1) is 14.2. The molecule has 5 heteroatoms. The minimum atomic E-state index is -0.943. The predicted octanol–water partition coefficient (Wildman–Crippen LogP) is 2.43. The van der Waals surface area contributed by atoms with Crippen LogP contribution in [0.5, 0.6) is 0 Å². The number of nitrogens with zero attached hydrogens (tertiary/aromatic N) is 3. The first-order valence-corrected chi connectivity index (χ1v) is 6.16. The van der Waals surface area contributed by atoms with Crippen LogP contribution in [-0.2, 0) is 0 Å². The SMILES string of the molecule is [N-]=[N+]=NP(c1ccccc1)c1ccccc1.[PbH2]. The van der Waals surface area contributed by atoms with E-state index in [0.29, 0.717) is 0 Å². The van der Waals surface area contributed by atoms with Crippen molar-refractivity contribution in [3.8, 4) is 0 Å². The van der Waals surface area contributed by atoms with Crippen molar-refractivity contribution in [3.05, 3.63) is 71.1 Å². The number of benzene rings is 2. The van der Waals surface area contributed by atoms with Crippen LogP contribution in [0.3, 0.4) is 0 Å². The molecule has 17 heavy (non-hydrogen) atoms. The first-order chi connectivity index (χ1) is 7.92. The maximum absolute atomic E-state index is 8.63. The van der Waals surface area contributed by atoms with E-state index in [1.807, 2.05) is 60.7 Å². The zero-order valence-corrected chi connectivity index (χ0v) is 15.7. The quantitative estimate of drug-likeness (QED) is 0.233. The molecule has 0 N–H and O–H groups in total. The Hall–Kier alpha value is -0.898. The van der Waals surface area contributed by atoms with Gasteiger partial charge >= 0.3 is 27.3 Å². The van der Waals surface area contributed by atoms with Crippen molar-refractivity contribution >= 4 is 46.0 Å². The number of rotatable bonds is 3. The van der Waals surface area contributed by atoms with E-state index in [0.717, 1.165) is 10.6 Å². The maximum atomic E-state index is 8.63. The van der Waals surface area contributed by atoms with E-state index in [1.165, 1.54) is 0 Å². The fraction of sp³-hybridized carbons (Fsp3) is 0. The molecule has 2 aromatic carbocycles. The van der Waals surface area contributed by atoms with Crippen LogP contribution in [0.15, 0.2) is 65.5 Å². The van der Waals surface area contributed by atoms with E-state index < -0.39 is 8.07 Å². The van der Waals surface area contributed by atoms with Gasteiger partial charge in [-0.1, -0.05) is 65.5 Å². The molecule has 0 spiro atoms. The minimum absolute atomic E-state index is 0. The third-order valence-electron chi connectivity index (χ3n) is 2.13. The summed E-state index contributed by atoms with van der Waals surface area (Å²) in [7, 11) is -0.943. The Balaban J connectivity index is 0.00000144. The Bertz CT molecular complexity index is 458. The average molecular weight is 436 g/mol. The molecule has 0 heterocycles. The summed E-state index contributed by atoms with van der Waals surface area (Å²) in [5, 5.41) is 2.14. The fourth-order valence-electron chi connectivity index (χ4n) is 1.43. The van der Waals surface area contributed by atoms with Crippen molar-refractivity contribution in [2.24, 2.45) is 4.88 Å². The Morgan fingerprint density at radius 1 is 0.824 bits per heavy atom. The van der Waals surface area contributed by atoms with Gasteiger partial charge < -0.3 is 0 Å². The second kappa shape index (κ2) is 7.43. The van der Waals surface area contributed by atoms with Gasteiger partial charge in [0.25, 0.3) is 0 Å². The fourth-order valence-corrected chi connectivity index (χ4v) is 2.92. The van der Waals surface area contributed by atoms with E-state index >= 15 is 0 Å². The normalized spacial score (nSPS) is 9.24. The van der Waals surface area contributed by atoms with Crippen LogP contribution in [0.4, 0.5) is 0 Å². The summed E-state index contributed by atoms with van der Waals surface area (Å²) in [5.41, 5.74) is 8.63. The summed E-state index contributed by atoms with van der Waals surface area (Å²) >= 11 is 0. The zero-order chi connectivity index (χ0) is 11.2. The van der Waals surface area contributed by atoms with E-state index in [4.69, 9.17) is 5.53 Å². The molecule has 0 aliphatic heterocycles. The molecule has 0 saturated heterocycles. The Morgan fingerprint density at radius 2 is 1.24 bits per heavy atom. The summed E-state index contributed by atoms with van der Waals surface area (Å²) in [5.74, 6) is 0. The van der Waals surface area contributed by atoms with E-state index in [1.54, 1.807) is 0 Å². The molecule has 0 aliphatic rings. The molecule has 3 nitrogen and oxygen atoms in total. The molecule has 0 bridgehead atoms. The van der Waals surface area contributed by atoms with Crippen LogP contribution < -0.4 is 10.6 Å². The van der Waals surface area contributed by atoms with Gasteiger partial charge in [-0.05, 0) is 16.1 Å². The van der Waals surface area contributed by atoms with Gasteiger partial charge in [-0.3, -0.25) is 0 Å². The van der Waals surface area contributed by atoms with Gasteiger partial charge in [0.05, 0.1) is 0 Å². The van der Waals surface area contributed by atoms with Gasteiger partial charge in [-0.2, -0.15) is 0 Å². The molecule has 0 saturated carbocycles. The summed E-state index contributed by atoms with van der Waals surface area (Å²) in [4.78, 5) is 6.85. The van der Waals surface area contributed by atoms with Crippen molar-refractivity contribution in [1.82, 2.24) is 0 Å². The van der Waals surface area contributed by atoms with Gasteiger partial charge in [-0.15, -0.1) is 0 Å². The van der Waals surface area contributed by atoms with Gasteiger partial charge in [0, 0.05) is 13.0 Å². The molecule has 84 valence electrons. The van der Waals surface area contributed by atoms with E-state index in [9.17, 15) is 0 Å². The second-order valence-corrected chi connectivity index (χ2v) is 5.00. The topological polar surface area (TPSA) is 48.8 Å². The molecule has 0 fully saturated rings. The number of hydrogen-bond donors (Lipinski definition) is 0. The third-order valence-corrected chi connectivity index (χ3v) is 3.96. The molecule has 0 aliphatic carbocycles. The zero-order valence-electron chi connectivity index (χ0n) is 9.27. The molecular formula is C12H12N3PPb. The first-order valence-electron chi connectivity index (χ1n) is 4.87. The summed E-state index contributed by atoms with van der Waals surface area (Å²) in [6.07, 6.45) is 0. The molecule has 0 atom stereocenters. The Morgan fingerprint density at radius 3 is 1.59 bits per heavy atom. The van der Waals surface area contributed by atoms with E-state index in [2.05, 4.69) is 9.80 Å². The van der Waals surface area contributed by atoms with Crippen molar-refractivity contribution in [2.75, 3.05) is 0 Å². The summed E-state index contributed by atoms with van der Waals surface area (Å²) in [6.45, 7) is 0.